The first-order valence-corrected chi connectivity index (χ1v) is 6.40. The van der Waals surface area contributed by atoms with E-state index in [0.717, 1.165) is 35.6 Å². The van der Waals surface area contributed by atoms with E-state index in [2.05, 4.69) is 9.97 Å². The lowest BCUT2D eigenvalue weighted by molar-refractivity contribution is 0.628. The Morgan fingerprint density at radius 1 is 1.26 bits per heavy atom. The zero-order valence-electron chi connectivity index (χ0n) is 11.2. The molecule has 19 heavy (non-hydrogen) atoms. The summed E-state index contributed by atoms with van der Waals surface area (Å²) in [6.07, 6.45) is 1.58. The van der Waals surface area contributed by atoms with E-state index in [4.69, 9.17) is 5.73 Å². The Bertz CT molecular complexity index is 567. The molecule has 0 fully saturated rings. The van der Waals surface area contributed by atoms with Crippen molar-refractivity contribution in [1.82, 2.24) is 9.97 Å². The van der Waals surface area contributed by atoms with Crippen LogP contribution in [0.5, 0.6) is 0 Å². The van der Waals surface area contributed by atoms with Gasteiger partial charge in [0.15, 0.2) is 0 Å². The van der Waals surface area contributed by atoms with Crippen LogP contribution in [0.4, 0.5) is 4.39 Å². The largest absolute Gasteiger partial charge is 0.328 e. The Morgan fingerprint density at radius 2 is 2.05 bits per heavy atom. The molecule has 1 atom stereocenters. The predicted octanol–water partition coefficient (Wildman–Crippen LogP) is 2.87. The Kier molecular flexibility index (Phi) is 4.22. The van der Waals surface area contributed by atoms with Crippen molar-refractivity contribution in [3.63, 3.8) is 0 Å². The van der Waals surface area contributed by atoms with Gasteiger partial charge in [-0.05, 0) is 38.5 Å². The van der Waals surface area contributed by atoms with Gasteiger partial charge in [-0.15, -0.1) is 0 Å². The fraction of sp³-hybridized carbons (Fsp3) is 0.333. The third-order valence-corrected chi connectivity index (χ3v) is 2.84. The van der Waals surface area contributed by atoms with E-state index in [1.165, 1.54) is 12.1 Å². The van der Waals surface area contributed by atoms with Crippen LogP contribution in [0.15, 0.2) is 30.3 Å². The van der Waals surface area contributed by atoms with Crippen LogP contribution >= 0.6 is 0 Å². The van der Waals surface area contributed by atoms with Gasteiger partial charge < -0.3 is 5.73 Å². The second kappa shape index (κ2) is 5.89. The molecule has 100 valence electrons. The third kappa shape index (κ3) is 3.83. The van der Waals surface area contributed by atoms with Gasteiger partial charge in [0.2, 0.25) is 0 Å². The Hall–Kier alpha value is -1.81. The average Bonchev–Trinajstić information content (AvgIpc) is 2.36. The number of rotatable bonds is 4. The van der Waals surface area contributed by atoms with E-state index in [-0.39, 0.29) is 11.9 Å². The highest BCUT2D eigenvalue weighted by Crippen LogP contribution is 2.19. The van der Waals surface area contributed by atoms with Gasteiger partial charge in [0, 0.05) is 23.7 Å². The van der Waals surface area contributed by atoms with Gasteiger partial charge in [0.1, 0.15) is 11.6 Å². The topological polar surface area (TPSA) is 51.8 Å². The summed E-state index contributed by atoms with van der Waals surface area (Å²) in [5.41, 5.74) is 8.15. The van der Waals surface area contributed by atoms with Crippen LogP contribution in [-0.4, -0.2) is 16.0 Å². The molecule has 1 unspecified atom stereocenters. The third-order valence-electron chi connectivity index (χ3n) is 2.84. The molecule has 3 nitrogen and oxygen atoms in total. The van der Waals surface area contributed by atoms with Gasteiger partial charge in [-0.1, -0.05) is 12.1 Å². The van der Waals surface area contributed by atoms with Crippen molar-refractivity contribution in [3.8, 4) is 11.3 Å². The Morgan fingerprint density at radius 3 is 2.74 bits per heavy atom. The van der Waals surface area contributed by atoms with Crippen molar-refractivity contribution in [3.05, 3.63) is 47.7 Å². The molecule has 1 aromatic heterocycles. The number of aromatic nitrogens is 2. The lowest BCUT2D eigenvalue weighted by Gasteiger charge is -2.08. The lowest BCUT2D eigenvalue weighted by Crippen LogP contribution is -2.16. The van der Waals surface area contributed by atoms with Gasteiger partial charge >= 0.3 is 0 Å². The molecule has 1 aromatic carbocycles. The van der Waals surface area contributed by atoms with Crippen molar-refractivity contribution >= 4 is 0 Å². The first-order chi connectivity index (χ1) is 9.04. The zero-order chi connectivity index (χ0) is 13.8. The van der Waals surface area contributed by atoms with Crippen molar-refractivity contribution in [1.29, 1.82) is 0 Å². The molecule has 0 spiro atoms. The van der Waals surface area contributed by atoms with Crippen molar-refractivity contribution in [2.24, 2.45) is 5.73 Å². The molecule has 2 aromatic rings. The molecular formula is C15H18FN3. The normalized spacial score (nSPS) is 12.4. The molecule has 2 rings (SSSR count). The highest BCUT2D eigenvalue weighted by Gasteiger charge is 2.06. The summed E-state index contributed by atoms with van der Waals surface area (Å²) in [4.78, 5) is 8.88. The van der Waals surface area contributed by atoms with Crippen molar-refractivity contribution in [2.45, 2.75) is 32.7 Å². The van der Waals surface area contributed by atoms with Crippen LogP contribution in [0.25, 0.3) is 11.3 Å². The number of benzene rings is 1. The summed E-state index contributed by atoms with van der Waals surface area (Å²) in [5.74, 6) is 0.502. The minimum Gasteiger partial charge on any atom is -0.328 e. The fourth-order valence-corrected chi connectivity index (χ4v) is 1.89. The number of nitrogens with zero attached hydrogens (tertiary/aromatic N) is 2. The maximum absolute atomic E-state index is 13.2. The number of halogens is 1. The smallest absolute Gasteiger partial charge is 0.129 e. The van der Waals surface area contributed by atoms with Crippen LogP contribution in [0.1, 0.15) is 24.9 Å². The molecular weight excluding hydrogens is 241 g/mol. The van der Waals surface area contributed by atoms with E-state index in [1.54, 1.807) is 6.07 Å². The van der Waals surface area contributed by atoms with E-state index < -0.39 is 0 Å². The maximum Gasteiger partial charge on any atom is 0.129 e. The Labute approximate surface area is 112 Å². The van der Waals surface area contributed by atoms with Gasteiger partial charge in [-0.3, -0.25) is 0 Å². The predicted molar refractivity (Wildman–Crippen MR) is 74.1 cm³/mol. The molecule has 4 heteroatoms. The number of nitrogens with two attached hydrogens (primary N) is 1. The minimum atomic E-state index is -0.258. The van der Waals surface area contributed by atoms with E-state index in [1.807, 2.05) is 26.0 Å². The summed E-state index contributed by atoms with van der Waals surface area (Å²) in [7, 11) is 0. The van der Waals surface area contributed by atoms with Gasteiger partial charge in [-0.2, -0.15) is 0 Å². The van der Waals surface area contributed by atoms with Gasteiger partial charge in [0.05, 0.1) is 5.69 Å². The summed E-state index contributed by atoms with van der Waals surface area (Å²) >= 11 is 0. The second-order valence-corrected chi connectivity index (χ2v) is 4.84. The maximum atomic E-state index is 13.2. The molecule has 0 saturated heterocycles. The molecule has 0 aliphatic heterocycles. The summed E-state index contributed by atoms with van der Waals surface area (Å²) < 4.78 is 13.2. The molecule has 0 amide bonds. The SMILES string of the molecule is Cc1cc(-c2cccc(F)c2)nc(CCC(C)N)n1. The highest BCUT2D eigenvalue weighted by atomic mass is 19.1. The van der Waals surface area contributed by atoms with Gasteiger partial charge in [0.25, 0.3) is 0 Å². The van der Waals surface area contributed by atoms with Crippen LogP contribution < -0.4 is 5.73 Å². The lowest BCUT2D eigenvalue weighted by atomic mass is 10.1. The second-order valence-electron chi connectivity index (χ2n) is 4.84. The van der Waals surface area contributed by atoms with Crippen molar-refractivity contribution in [2.75, 3.05) is 0 Å². The molecule has 0 aliphatic rings. The quantitative estimate of drug-likeness (QED) is 0.918. The van der Waals surface area contributed by atoms with Crippen LogP contribution in [0.2, 0.25) is 0 Å². The number of aryl methyl sites for hydroxylation is 2. The first-order valence-electron chi connectivity index (χ1n) is 6.40. The van der Waals surface area contributed by atoms with Crippen LogP contribution in [-0.2, 0) is 6.42 Å². The van der Waals surface area contributed by atoms with E-state index in [9.17, 15) is 4.39 Å². The van der Waals surface area contributed by atoms with E-state index >= 15 is 0 Å². The fourth-order valence-electron chi connectivity index (χ4n) is 1.89. The molecule has 1 heterocycles. The van der Waals surface area contributed by atoms with Crippen molar-refractivity contribution < 1.29 is 4.39 Å². The number of hydrogen-bond acceptors (Lipinski definition) is 3. The van der Waals surface area contributed by atoms with Crippen LogP contribution in [0.3, 0.4) is 0 Å². The minimum absolute atomic E-state index is 0.127. The summed E-state index contributed by atoms with van der Waals surface area (Å²) in [5, 5.41) is 0. The van der Waals surface area contributed by atoms with Gasteiger partial charge in [-0.25, -0.2) is 14.4 Å². The van der Waals surface area contributed by atoms with Crippen LogP contribution in [0, 0.1) is 12.7 Å². The highest BCUT2D eigenvalue weighted by molar-refractivity contribution is 5.59. The Balaban J connectivity index is 2.31. The number of hydrogen-bond donors (Lipinski definition) is 1. The molecule has 0 radical (unpaired) electrons. The zero-order valence-corrected chi connectivity index (χ0v) is 11.2. The molecule has 0 saturated carbocycles. The summed E-state index contributed by atoms with van der Waals surface area (Å²) in [6, 6.07) is 8.43. The monoisotopic (exact) mass is 259 g/mol. The average molecular weight is 259 g/mol. The summed E-state index contributed by atoms with van der Waals surface area (Å²) in [6.45, 7) is 3.88. The first kappa shape index (κ1) is 13.6. The standard InChI is InChI=1S/C15H18FN3/c1-10(17)6-7-15-18-11(2)8-14(19-15)12-4-3-5-13(16)9-12/h3-5,8-10H,6-7,17H2,1-2H3. The van der Waals surface area contributed by atoms with E-state index in [0.29, 0.717) is 0 Å². The molecule has 0 bridgehead atoms. The molecule has 2 N–H and O–H groups in total. The molecule has 0 aliphatic carbocycles.